The molecule has 5 heteroatoms. The van der Waals surface area contributed by atoms with Crippen LogP contribution in [0.4, 0.5) is 5.69 Å². The molecular weight excluding hydrogens is 222 g/mol. The summed E-state index contributed by atoms with van der Waals surface area (Å²) in [5, 5.41) is 20.1. The molecule has 0 spiro atoms. The molecule has 0 saturated carbocycles. The van der Waals surface area contributed by atoms with Gasteiger partial charge in [0.05, 0.1) is 17.6 Å². The largest absolute Gasteiger partial charge is 0.487 e. The van der Waals surface area contributed by atoms with Crippen LogP contribution in [0.3, 0.4) is 0 Å². The lowest BCUT2D eigenvalue weighted by molar-refractivity contribution is -0.385. The molecule has 1 atom stereocenters. The Morgan fingerprint density at radius 1 is 1.53 bits per heavy atom. The Labute approximate surface area is 100 Å². The van der Waals surface area contributed by atoms with E-state index in [-0.39, 0.29) is 11.4 Å². The highest BCUT2D eigenvalue weighted by Gasteiger charge is 2.15. The Hall–Kier alpha value is -1.62. The highest BCUT2D eigenvalue weighted by Crippen LogP contribution is 2.28. The highest BCUT2D eigenvalue weighted by molar-refractivity contribution is 5.48. The Balaban J connectivity index is 2.96. The second-order valence-electron chi connectivity index (χ2n) is 3.96. The average Bonchev–Trinajstić information content (AvgIpc) is 2.25. The van der Waals surface area contributed by atoms with Crippen molar-refractivity contribution in [3.63, 3.8) is 0 Å². The van der Waals surface area contributed by atoms with Crippen molar-refractivity contribution in [1.82, 2.24) is 0 Å². The summed E-state index contributed by atoms with van der Waals surface area (Å²) >= 11 is 0. The summed E-state index contributed by atoms with van der Waals surface area (Å²) in [6.45, 7) is 4.05. The van der Waals surface area contributed by atoms with E-state index in [2.05, 4.69) is 0 Å². The van der Waals surface area contributed by atoms with E-state index in [1.54, 1.807) is 19.1 Å². The van der Waals surface area contributed by atoms with Gasteiger partial charge >= 0.3 is 5.69 Å². The van der Waals surface area contributed by atoms with Crippen molar-refractivity contribution < 1.29 is 14.8 Å². The van der Waals surface area contributed by atoms with Gasteiger partial charge in [-0.25, -0.2) is 0 Å². The number of nitrogens with zero attached hydrogens (tertiary/aromatic N) is 1. The normalized spacial score (nSPS) is 12.2. The van der Waals surface area contributed by atoms with Crippen molar-refractivity contribution in [3.8, 4) is 5.75 Å². The fourth-order valence-corrected chi connectivity index (χ4v) is 1.51. The zero-order chi connectivity index (χ0) is 12.8. The van der Waals surface area contributed by atoms with Crippen molar-refractivity contribution in [2.24, 2.45) is 0 Å². The molecule has 0 radical (unpaired) electrons. The molecule has 0 amide bonds. The number of rotatable bonds is 6. The zero-order valence-corrected chi connectivity index (χ0v) is 10.0. The third kappa shape index (κ3) is 4.03. The quantitative estimate of drug-likeness (QED) is 0.610. The van der Waals surface area contributed by atoms with Gasteiger partial charge < -0.3 is 9.84 Å². The summed E-state index contributed by atoms with van der Waals surface area (Å²) in [7, 11) is 0. The topological polar surface area (TPSA) is 72.6 Å². The minimum atomic E-state index is -0.476. The van der Waals surface area contributed by atoms with E-state index in [1.807, 2.05) is 6.92 Å². The van der Waals surface area contributed by atoms with Crippen LogP contribution in [-0.4, -0.2) is 22.7 Å². The summed E-state index contributed by atoms with van der Waals surface area (Å²) in [4.78, 5) is 10.3. The van der Waals surface area contributed by atoms with Gasteiger partial charge in [-0.15, -0.1) is 0 Å². The van der Waals surface area contributed by atoms with Gasteiger partial charge in [0.2, 0.25) is 0 Å². The second kappa shape index (κ2) is 6.20. The van der Waals surface area contributed by atoms with Gasteiger partial charge in [0.1, 0.15) is 0 Å². The molecule has 0 fully saturated rings. The molecule has 0 heterocycles. The fourth-order valence-electron chi connectivity index (χ4n) is 1.51. The summed E-state index contributed by atoms with van der Waals surface area (Å²) < 4.78 is 5.35. The Morgan fingerprint density at radius 2 is 2.24 bits per heavy atom. The summed E-state index contributed by atoms with van der Waals surface area (Å²) in [6.07, 6.45) is 0.772. The molecule has 0 aliphatic heterocycles. The minimum absolute atomic E-state index is 0.0345. The van der Waals surface area contributed by atoms with E-state index in [9.17, 15) is 15.2 Å². The predicted octanol–water partition coefficient (Wildman–Crippen LogP) is 2.31. The van der Waals surface area contributed by atoms with Gasteiger partial charge in [-0.2, -0.15) is 0 Å². The number of nitro benzene ring substituents is 1. The molecule has 0 bridgehead atoms. The van der Waals surface area contributed by atoms with E-state index in [4.69, 9.17) is 4.74 Å². The zero-order valence-electron chi connectivity index (χ0n) is 10.0. The molecule has 1 N–H and O–H groups in total. The average molecular weight is 239 g/mol. The van der Waals surface area contributed by atoms with Crippen molar-refractivity contribution in [2.75, 3.05) is 6.61 Å². The highest BCUT2D eigenvalue weighted by atomic mass is 16.6. The van der Waals surface area contributed by atoms with Crippen LogP contribution in [0.1, 0.15) is 25.8 Å². The molecule has 1 unspecified atom stereocenters. The first-order valence-electron chi connectivity index (χ1n) is 5.62. The lowest BCUT2D eigenvalue weighted by Gasteiger charge is -2.09. The molecule has 0 saturated heterocycles. The standard InChI is InChI=1S/C12H17NO4/c1-3-6-17-12-8-10(7-9(2)14)4-5-11(12)13(15)16/h4-5,8-9,14H,3,6-7H2,1-2H3. The Kier molecular flexibility index (Phi) is 4.90. The van der Waals surface area contributed by atoms with Gasteiger partial charge in [0.15, 0.2) is 5.75 Å². The van der Waals surface area contributed by atoms with Crippen LogP contribution >= 0.6 is 0 Å². The number of nitro groups is 1. The molecule has 0 aromatic heterocycles. The lowest BCUT2D eigenvalue weighted by atomic mass is 10.1. The molecule has 0 aliphatic carbocycles. The monoisotopic (exact) mass is 239 g/mol. The molecule has 1 aromatic rings. The maximum atomic E-state index is 10.8. The van der Waals surface area contributed by atoms with E-state index in [0.29, 0.717) is 13.0 Å². The van der Waals surface area contributed by atoms with Crippen molar-refractivity contribution in [1.29, 1.82) is 0 Å². The van der Waals surface area contributed by atoms with E-state index in [1.165, 1.54) is 6.07 Å². The molecular formula is C12H17NO4. The van der Waals surface area contributed by atoms with Gasteiger partial charge in [0.25, 0.3) is 0 Å². The SMILES string of the molecule is CCCOc1cc(CC(C)O)ccc1[N+](=O)[O-]. The second-order valence-corrected chi connectivity index (χ2v) is 3.96. The molecule has 5 nitrogen and oxygen atoms in total. The molecule has 17 heavy (non-hydrogen) atoms. The maximum absolute atomic E-state index is 10.8. The first kappa shape index (κ1) is 13.4. The summed E-state index contributed by atoms with van der Waals surface area (Å²) in [6, 6.07) is 4.69. The van der Waals surface area contributed by atoms with Crippen molar-refractivity contribution in [3.05, 3.63) is 33.9 Å². The summed E-state index contributed by atoms with van der Waals surface area (Å²) in [5.74, 6) is 0.273. The Morgan fingerprint density at radius 3 is 2.76 bits per heavy atom. The third-order valence-corrected chi connectivity index (χ3v) is 2.21. The first-order chi connectivity index (χ1) is 8.04. The number of aliphatic hydroxyl groups excluding tert-OH is 1. The lowest BCUT2D eigenvalue weighted by Crippen LogP contribution is -2.05. The number of aliphatic hydroxyl groups is 1. The van der Waals surface area contributed by atoms with E-state index < -0.39 is 11.0 Å². The number of benzene rings is 1. The van der Waals surface area contributed by atoms with Crippen LogP contribution in [0.25, 0.3) is 0 Å². The first-order valence-corrected chi connectivity index (χ1v) is 5.62. The number of hydrogen-bond acceptors (Lipinski definition) is 4. The van der Waals surface area contributed by atoms with Crippen molar-refractivity contribution >= 4 is 5.69 Å². The number of ether oxygens (including phenoxy) is 1. The van der Waals surface area contributed by atoms with Gasteiger partial charge in [-0.05, 0) is 31.4 Å². The van der Waals surface area contributed by atoms with Crippen LogP contribution in [-0.2, 0) is 6.42 Å². The molecule has 0 aliphatic rings. The molecule has 1 aromatic carbocycles. The third-order valence-electron chi connectivity index (χ3n) is 2.21. The van der Waals surface area contributed by atoms with Crippen LogP contribution in [0.2, 0.25) is 0 Å². The van der Waals surface area contributed by atoms with E-state index >= 15 is 0 Å². The maximum Gasteiger partial charge on any atom is 0.310 e. The van der Waals surface area contributed by atoms with Crippen LogP contribution < -0.4 is 4.74 Å². The van der Waals surface area contributed by atoms with Crippen LogP contribution in [0.15, 0.2) is 18.2 Å². The van der Waals surface area contributed by atoms with Gasteiger partial charge in [-0.1, -0.05) is 13.0 Å². The van der Waals surface area contributed by atoms with Crippen LogP contribution in [0, 0.1) is 10.1 Å². The molecule has 94 valence electrons. The minimum Gasteiger partial charge on any atom is -0.487 e. The van der Waals surface area contributed by atoms with E-state index in [0.717, 1.165) is 12.0 Å². The van der Waals surface area contributed by atoms with Gasteiger partial charge in [-0.3, -0.25) is 10.1 Å². The Bertz CT molecular complexity index is 390. The fraction of sp³-hybridized carbons (Fsp3) is 0.500. The predicted molar refractivity (Wildman–Crippen MR) is 64.3 cm³/mol. The molecule has 1 rings (SSSR count). The van der Waals surface area contributed by atoms with Crippen molar-refractivity contribution in [2.45, 2.75) is 32.8 Å². The number of hydrogen-bond donors (Lipinski definition) is 1. The summed E-state index contributed by atoms with van der Waals surface area (Å²) in [5.41, 5.74) is 0.796. The van der Waals surface area contributed by atoms with Crippen LogP contribution in [0.5, 0.6) is 5.75 Å². The van der Waals surface area contributed by atoms with Gasteiger partial charge in [0, 0.05) is 6.07 Å². The smallest absolute Gasteiger partial charge is 0.310 e.